The summed E-state index contributed by atoms with van der Waals surface area (Å²) >= 11 is 0. The minimum Gasteiger partial charge on any atom is -0.478 e. The molecular formula is C20H30O2. The van der Waals surface area contributed by atoms with Gasteiger partial charge in [-0.25, -0.2) is 4.79 Å². The van der Waals surface area contributed by atoms with E-state index in [0.717, 1.165) is 25.7 Å². The minimum absolute atomic E-state index is 0.423. The lowest BCUT2D eigenvalue weighted by atomic mass is 9.88. The first kappa shape index (κ1) is 18.5. The number of hydrogen-bond donors (Lipinski definition) is 1. The van der Waals surface area contributed by atoms with Gasteiger partial charge >= 0.3 is 5.97 Å². The van der Waals surface area contributed by atoms with Crippen LogP contribution in [0.3, 0.4) is 0 Å². The van der Waals surface area contributed by atoms with Crippen molar-refractivity contribution in [3.05, 3.63) is 47.1 Å². The second-order valence-electron chi connectivity index (χ2n) is 6.61. The molecule has 1 N–H and O–H groups in total. The highest BCUT2D eigenvalue weighted by atomic mass is 16.4. The van der Waals surface area contributed by atoms with Crippen LogP contribution < -0.4 is 0 Å². The van der Waals surface area contributed by atoms with Gasteiger partial charge in [-0.2, -0.15) is 0 Å². The molecule has 0 saturated carbocycles. The highest BCUT2D eigenvalue weighted by Gasteiger charge is 2.14. The third-order valence-corrected chi connectivity index (χ3v) is 4.32. The van der Waals surface area contributed by atoms with Crippen LogP contribution in [0.1, 0.15) is 59.8 Å². The molecule has 1 rings (SSSR count). The molecule has 1 aliphatic rings. The van der Waals surface area contributed by atoms with Gasteiger partial charge in [-0.05, 0) is 57.8 Å². The second kappa shape index (κ2) is 9.45. The molecule has 122 valence electrons. The molecule has 0 aromatic carbocycles. The van der Waals surface area contributed by atoms with E-state index in [1.54, 1.807) is 0 Å². The van der Waals surface area contributed by atoms with Crippen molar-refractivity contribution in [2.24, 2.45) is 11.8 Å². The SMILES string of the molecule is CC1=C/C/C=C(\C)CC/C=C(\C(=O)O)CC[C@H](C(C)C)\C=C\1. The Morgan fingerprint density at radius 3 is 2.55 bits per heavy atom. The summed E-state index contributed by atoms with van der Waals surface area (Å²) in [7, 11) is 0. The van der Waals surface area contributed by atoms with Crippen molar-refractivity contribution in [1.29, 1.82) is 0 Å². The third kappa shape index (κ3) is 6.93. The summed E-state index contributed by atoms with van der Waals surface area (Å²) < 4.78 is 0. The van der Waals surface area contributed by atoms with E-state index in [9.17, 15) is 9.90 Å². The van der Waals surface area contributed by atoms with E-state index >= 15 is 0 Å². The zero-order chi connectivity index (χ0) is 16.5. The van der Waals surface area contributed by atoms with Gasteiger partial charge in [0.15, 0.2) is 0 Å². The Kier molecular flexibility index (Phi) is 7.94. The highest BCUT2D eigenvalue weighted by molar-refractivity contribution is 5.86. The molecule has 0 unspecified atom stereocenters. The van der Waals surface area contributed by atoms with Gasteiger partial charge in [-0.15, -0.1) is 0 Å². The lowest BCUT2D eigenvalue weighted by Crippen LogP contribution is -2.09. The maximum Gasteiger partial charge on any atom is 0.331 e. The maximum atomic E-state index is 11.4. The van der Waals surface area contributed by atoms with Crippen LogP contribution in [-0.2, 0) is 4.79 Å². The van der Waals surface area contributed by atoms with E-state index in [4.69, 9.17) is 0 Å². The molecule has 0 aromatic heterocycles. The number of carbonyl (C=O) groups is 1. The Balaban J connectivity index is 2.98. The van der Waals surface area contributed by atoms with E-state index in [1.165, 1.54) is 11.1 Å². The standard InChI is InChI=1S/C20H30O2/c1-15(2)18-12-11-17(4)8-5-7-16(3)9-6-10-19(14-13-18)20(21)22/h7-8,10-12,15,18H,5-6,9,13-14H2,1-4H3,(H,21,22)/b12-11+,16-7+,17-8-,19-10-/t18-/m1/s1. The summed E-state index contributed by atoms with van der Waals surface area (Å²) in [5, 5.41) is 9.37. The third-order valence-electron chi connectivity index (χ3n) is 4.32. The molecule has 1 aliphatic carbocycles. The Bertz CT molecular complexity index is 490. The normalized spacial score (nSPS) is 30.2. The van der Waals surface area contributed by atoms with Crippen LogP contribution in [0.4, 0.5) is 0 Å². The van der Waals surface area contributed by atoms with Crippen LogP contribution in [0, 0.1) is 11.8 Å². The van der Waals surface area contributed by atoms with Crippen molar-refractivity contribution in [3.8, 4) is 0 Å². The van der Waals surface area contributed by atoms with Crippen LogP contribution >= 0.6 is 0 Å². The van der Waals surface area contributed by atoms with Gasteiger partial charge in [-0.1, -0.05) is 55.4 Å². The zero-order valence-electron chi connectivity index (χ0n) is 14.4. The first-order valence-electron chi connectivity index (χ1n) is 8.33. The summed E-state index contributed by atoms with van der Waals surface area (Å²) in [5.41, 5.74) is 3.17. The monoisotopic (exact) mass is 302 g/mol. The van der Waals surface area contributed by atoms with E-state index < -0.39 is 5.97 Å². The fourth-order valence-corrected chi connectivity index (χ4v) is 2.64. The summed E-state index contributed by atoms with van der Waals surface area (Å²) in [5.74, 6) is 0.178. The molecule has 0 radical (unpaired) electrons. The van der Waals surface area contributed by atoms with Gasteiger partial charge < -0.3 is 5.11 Å². The van der Waals surface area contributed by atoms with Crippen LogP contribution in [0.15, 0.2) is 47.1 Å². The lowest BCUT2D eigenvalue weighted by Gasteiger charge is -2.17. The van der Waals surface area contributed by atoms with Gasteiger partial charge in [0.2, 0.25) is 0 Å². The zero-order valence-corrected chi connectivity index (χ0v) is 14.4. The fourth-order valence-electron chi connectivity index (χ4n) is 2.64. The van der Waals surface area contributed by atoms with E-state index in [-0.39, 0.29) is 0 Å². The van der Waals surface area contributed by atoms with Crippen molar-refractivity contribution in [2.45, 2.75) is 59.8 Å². The summed E-state index contributed by atoms with van der Waals surface area (Å²) in [6.45, 7) is 8.65. The summed E-state index contributed by atoms with van der Waals surface area (Å²) in [6, 6.07) is 0. The lowest BCUT2D eigenvalue weighted by molar-refractivity contribution is -0.132. The molecule has 0 heterocycles. The van der Waals surface area contributed by atoms with Crippen LogP contribution in [0.25, 0.3) is 0 Å². The van der Waals surface area contributed by atoms with Crippen molar-refractivity contribution in [3.63, 3.8) is 0 Å². The molecule has 0 amide bonds. The van der Waals surface area contributed by atoms with Gasteiger partial charge in [0.25, 0.3) is 0 Å². The second-order valence-corrected chi connectivity index (χ2v) is 6.61. The number of aliphatic carboxylic acids is 1. The summed E-state index contributed by atoms with van der Waals surface area (Å²) in [6.07, 6.45) is 15.1. The molecule has 0 aliphatic heterocycles. The van der Waals surface area contributed by atoms with Gasteiger partial charge in [0.1, 0.15) is 0 Å². The first-order valence-corrected chi connectivity index (χ1v) is 8.33. The molecule has 0 saturated heterocycles. The van der Waals surface area contributed by atoms with Crippen LogP contribution in [0.2, 0.25) is 0 Å². The first-order chi connectivity index (χ1) is 10.4. The number of carboxylic acid groups (broad SMARTS) is 1. The molecule has 0 bridgehead atoms. The van der Waals surface area contributed by atoms with Gasteiger partial charge in [-0.3, -0.25) is 0 Å². The fraction of sp³-hybridized carbons (Fsp3) is 0.550. The van der Waals surface area contributed by atoms with Crippen molar-refractivity contribution in [1.82, 2.24) is 0 Å². The number of carboxylic acids is 1. The number of rotatable bonds is 2. The Hall–Kier alpha value is -1.57. The molecule has 2 nitrogen and oxygen atoms in total. The van der Waals surface area contributed by atoms with Crippen molar-refractivity contribution < 1.29 is 9.90 Å². The molecule has 0 fully saturated rings. The van der Waals surface area contributed by atoms with Crippen molar-refractivity contribution in [2.75, 3.05) is 0 Å². The molecule has 1 atom stereocenters. The maximum absolute atomic E-state index is 11.4. The number of hydrogen-bond acceptors (Lipinski definition) is 1. The molecular weight excluding hydrogens is 272 g/mol. The Morgan fingerprint density at radius 1 is 1.18 bits per heavy atom. The van der Waals surface area contributed by atoms with Crippen LogP contribution in [0.5, 0.6) is 0 Å². The average Bonchev–Trinajstić information content (AvgIpc) is 2.43. The minimum atomic E-state index is -0.767. The van der Waals surface area contributed by atoms with Crippen molar-refractivity contribution >= 4 is 5.97 Å². The largest absolute Gasteiger partial charge is 0.478 e. The summed E-state index contributed by atoms with van der Waals surface area (Å²) in [4.78, 5) is 11.4. The van der Waals surface area contributed by atoms with E-state index in [2.05, 4.69) is 52.0 Å². The van der Waals surface area contributed by atoms with E-state index in [1.807, 2.05) is 6.08 Å². The number of allylic oxidation sites excluding steroid dienone is 7. The smallest absolute Gasteiger partial charge is 0.331 e. The highest BCUT2D eigenvalue weighted by Crippen LogP contribution is 2.23. The molecule has 2 heteroatoms. The van der Waals surface area contributed by atoms with E-state index in [0.29, 0.717) is 23.8 Å². The van der Waals surface area contributed by atoms with Gasteiger partial charge in [0, 0.05) is 5.57 Å². The molecule has 22 heavy (non-hydrogen) atoms. The van der Waals surface area contributed by atoms with Gasteiger partial charge in [0.05, 0.1) is 0 Å². The topological polar surface area (TPSA) is 37.3 Å². The predicted molar refractivity (Wildman–Crippen MR) is 93.8 cm³/mol. The predicted octanol–water partition coefficient (Wildman–Crippen LogP) is 5.68. The average molecular weight is 302 g/mol. The quantitative estimate of drug-likeness (QED) is 0.666. The van der Waals surface area contributed by atoms with Crippen LogP contribution in [-0.4, -0.2) is 11.1 Å². The Morgan fingerprint density at radius 2 is 1.91 bits per heavy atom. The molecule has 0 aromatic rings. The molecule has 0 spiro atoms. The Labute approximate surface area is 135 Å².